The van der Waals surface area contributed by atoms with E-state index in [9.17, 15) is 8.78 Å². The van der Waals surface area contributed by atoms with Gasteiger partial charge < -0.3 is 11.1 Å². The number of nitrogen functional groups attached to an aromatic ring is 1. The molecule has 0 aliphatic heterocycles. The second kappa shape index (κ2) is 5.23. The highest BCUT2D eigenvalue weighted by molar-refractivity contribution is 6.30. The van der Waals surface area contributed by atoms with Crippen molar-refractivity contribution < 1.29 is 8.78 Å². The molecule has 2 aromatic rings. The average Bonchev–Trinajstić information content (AvgIpc) is 2.33. The Morgan fingerprint density at radius 2 is 1.89 bits per heavy atom. The zero-order valence-electron chi connectivity index (χ0n) is 9.38. The molecular weight excluding hydrogens is 258 g/mol. The monoisotopic (exact) mass is 268 g/mol. The maximum atomic E-state index is 13.5. The van der Waals surface area contributed by atoms with Gasteiger partial charge in [0.25, 0.3) is 0 Å². The van der Waals surface area contributed by atoms with Crippen LogP contribution in [0.2, 0.25) is 5.02 Å². The van der Waals surface area contributed by atoms with Crippen LogP contribution in [-0.4, -0.2) is 0 Å². The first-order valence-corrected chi connectivity index (χ1v) is 5.67. The number of benzene rings is 2. The summed E-state index contributed by atoms with van der Waals surface area (Å²) in [5, 5.41) is 2.90. The Bertz CT molecular complexity index is 553. The molecule has 0 aromatic heterocycles. The molecule has 94 valence electrons. The van der Waals surface area contributed by atoms with Gasteiger partial charge in [-0.15, -0.1) is 0 Å². The Morgan fingerprint density at radius 1 is 1.11 bits per heavy atom. The molecule has 2 aromatic carbocycles. The average molecular weight is 269 g/mol. The highest BCUT2D eigenvalue weighted by Crippen LogP contribution is 2.23. The van der Waals surface area contributed by atoms with Gasteiger partial charge in [0.1, 0.15) is 11.6 Å². The molecule has 0 saturated heterocycles. The van der Waals surface area contributed by atoms with Crippen LogP contribution >= 0.6 is 11.6 Å². The molecule has 0 amide bonds. The summed E-state index contributed by atoms with van der Waals surface area (Å²) in [7, 11) is 0. The van der Waals surface area contributed by atoms with Gasteiger partial charge in [-0.25, -0.2) is 8.78 Å². The lowest BCUT2D eigenvalue weighted by Crippen LogP contribution is -2.04. The smallest absolute Gasteiger partial charge is 0.148 e. The number of nitrogens with two attached hydrogens (primary N) is 1. The van der Waals surface area contributed by atoms with Crippen molar-refractivity contribution in [1.29, 1.82) is 0 Å². The fraction of sp³-hybridized carbons (Fsp3) is 0.0769. The van der Waals surface area contributed by atoms with Gasteiger partial charge in [0.05, 0.1) is 16.4 Å². The maximum Gasteiger partial charge on any atom is 0.148 e. The summed E-state index contributed by atoms with van der Waals surface area (Å²) in [5.41, 5.74) is 6.95. The van der Waals surface area contributed by atoms with Gasteiger partial charge in [-0.1, -0.05) is 23.7 Å². The molecule has 0 unspecified atom stereocenters. The fourth-order valence-corrected chi connectivity index (χ4v) is 1.77. The summed E-state index contributed by atoms with van der Waals surface area (Å²) in [4.78, 5) is 0. The van der Waals surface area contributed by atoms with E-state index in [1.165, 1.54) is 24.3 Å². The van der Waals surface area contributed by atoms with E-state index in [2.05, 4.69) is 5.32 Å². The Labute approximate surface area is 108 Å². The molecule has 0 heterocycles. The summed E-state index contributed by atoms with van der Waals surface area (Å²) in [5.74, 6) is -0.908. The van der Waals surface area contributed by atoms with Crippen LogP contribution in [0.3, 0.4) is 0 Å². The third-order valence-electron chi connectivity index (χ3n) is 2.50. The highest BCUT2D eigenvalue weighted by Gasteiger charge is 2.06. The first-order chi connectivity index (χ1) is 8.58. The van der Waals surface area contributed by atoms with Crippen molar-refractivity contribution in [2.45, 2.75) is 6.54 Å². The number of nitrogens with one attached hydrogen (secondary N) is 1. The Kier molecular flexibility index (Phi) is 3.67. The van der Waals surface area contributed by atoms with Crippen molar-refractivity contribution in [2.75, 3.05) is 11.1 Å². The fourth-order valence-electron chi connectivity index (χ4n) is 1.57. The van der Waals surface area contributed by atoms with Crippen LogP contribution in [0.4, 0.5) is 20.2 Å². The molecule has 0 bridgehead atoms. The number of para-hydroxylation sites is 1. The standard InChI is InChI=1S/C13H11ClF2N2/c14-9-6-8(4-5-10(9)15)7-18-13-11(16)2-1-3-12(13)17/h1-6,18H,7,17H2. The van der Waals surface area contributed by atoms with E-state index < -0.39 is 11.6 Å². The number of rotatable bonds is 3. The lowest BCUT2D eigenvalue weighted by atomic mass is 10.2. The number of hydrogen-bond donors (Lipinski definition) is 2. The van der Waals surface area contributed by atoms with E-state index in [4.69, 9.17) is 17.3 Å². The molecule has 0 saturated carbocycles. The second-order valence-corrected chi connectivity index (χ2v) is 4.21. The van der Waals surface area contributed by atoms with Gasteiger partial charge in [-0.2, -0.15) is 0 Å². The summed E-state index contributed by atoms with van der Waals surface area (Å²) in [6.07, 6.45) is 0. The van der Waals surface area contributed by atoms with Gasteiger partial charge in [-0.05, 0) is 29.8 Å². The van der Waals surface area contributed by atoms with Gasteiger partial charge in [0.2, 0.25) is 0 Å². The predicted octanol–water partition coefficient (Wildman–Crippen LogP) is 3.81. The van der Waals surface area contributed by atoms with Crippen LogP contribution in [0.1, 0.15) is 5.56 Å². The Morgan fingerprint density at radius 3 is 2.56 bits per heavy atom. The van der Waals surface area contributed by atoms with E-state index in [-0.39, 0.29) is 10.7 Å². The zero-order chi connectivity index (χ0) is 13.1. The van der Waals surface area contributed by atoms with Crippen LogP contribution in [0.5, 0.6) is 0 Å². The van der Waals surface area contributed by atoms with Crippen LogP contribution < -0.4 is 11.1 Å². The zero-order valence-corrected chi connectivity index (χ0v) is 10.1. The minimum absolute atomic E-state index is 0.0378. The van der Waals surface area contributed by atoms with E-state index in [1.807, 2.05) is 0 Å². The summed E-state index contributed by atoms with van der Waals surface area (Å²) in [6, 6.07) is 8.78. The molecule has 0 aliphatic rings. The van der Waals surface area contributed by atoms with Gasteiger partial charge in [0.15, 0.2) is 0 Å². The molecule has 18 heavy (non-hydrogen) atoms. The SMILES string of the molecule is Nc1cccc(F)c1NCc1ccc(F)c(Cl)c1. The normalized spacial score (nSPS) is 10.4. The molecule has 0 radical (unpaired) electrons. The van der Waals surface area contributed by atoms with Crippen LogP contribution in [0.15, 0.2) is 36.4 Å². The number of halogens is 3. The van der Waals surface area contributed by atoms with Crippen molar-refractivity contribution in [3.8, 4) is 0 Å². The van der Waals surface area contributed by atoms with Crippen molar-refractivity contribution in [2.24, 2.45) is 0 Å². The molecule has 2 rings (SSSR count). The van der Waals surface area contributed by atoms with Gasteiger partial charge in [-0.3, -0.25) is 0 Å². The van der Waals surface area contributed by atoms with E-state index in [0.717, 1.165) is 5.56 Å². The minimum Gasteiger partial charge on any atom is -0.397 e. The maximum absolute atomic E-state index is 13.5. The molecule has 0 aliphatic carbocycles. The van der Waals surface area contributed by atoms with Crippen LogP contribution in [0.25, 0.3) is 0 Å². The van der Waals surface area contributed by atoms with Crippen LogP contribution in [-0.2, 0) is 6.54 Å². The first-order valence-electron chi connectivity index (χ1n) is 5.29. The number of anilines is 2. The molecule has 5 heteroatoms. The molecule has 0 spiro atoms. The quantitative estimate of drug-likeness (QED) is 0.831. The second-order valence-electron chi connectivity index (χ2n) is 3.81. The summed E-state index contributed by atoms with van der Waals surface area (Å²) in [6.45, 7) is 0.311. The van der Waals surface area contributed by atoms with Crippen molar-refractivity contribution in [1.82, 2.24) is 0 Å². The Hall–Kier alpha value is -1.81. The summed E-state index contributed by atoms with van der Waals surface area (Å²) >= 11 is 5.66. The molecule has 0 fully saturated rings. The van der Waals surface area contributed by atoms with Gasteiger partial charge in [0, 0.05) is 6.54 Å². The lowest BCUT2D eigenvalue weighted by molar-refractivity contribution is 0.626. The van der Waals surface area contributed by atoms with E-state index >= 15 is 0 Å². The minimum atomic E-state index is -0.481. The van der Waals surface area contributed by atoms with Crippen molar-refractivity contribution in [3.63, 3.8) is 0 Å². The van der Waals surface area contributed by atoms with Crippen molar-refractivity contribution >= 4 is 23.0 Å². The third kappa shape index (κ3) is 2.71. The topological polar surface area (TPSA) is 38.0 Å². The third-order valence-corrected chi connectivity index (χ3v) is 2.79. The summed E-state index contributed by atoms with van der Waals surface area (Å²) < 4.78 is 26.4. The molecule has 2 nitrogen and oxygen atoms in total. The molecule has 0 atom stereocenters. The van der Waals surface area contributed by atoms with Crippen molar-refractivity contribution in [3.05, 3.63) is 58.6 Å². The largest absolute Gasteiger partial charge is 0.397 e. The van der Waals surface area contributed by atoms with E-state index in [1.54, 1.807) is 12.1 Å². The highest BCUT2D eigenvalue weighted by atomic mass is 35.5. The number of hydrogen-bond acceptors (Lipinski definition) is 2. The van der Waals surface area contributed by atoms with E-state index in [0.29, 0.717) is 12.2 Å². The Balaban J connectivity index is 2.14. The molecule has 3 N–H and O–H groups in total. The lowest BCUT2D eigenvalue weighted by Gasteiger charge is -2.10. The molecular formula is C13H11ClF2N2. The van der Waals surface area contributed by atoms with Gasteiger partial charge >= 0.3 is 0 Å². The van der Waals surface area contributed by atoms with Crippen LogP contribution in [0, 0.1) is 11.6 Å². The first kappa shape index (κ1) is 12.6. The predicted molar refractivity (Wildman–Crippen MR) is 69.5 cm³/mol.